The Balaban J connectivity index is 1.62. The predicted molar refractivity (Wildman–Crippen MR) is 71.6 cm³/mol. The monoisotopic (exact) mass is 264 g/mol. The quantitative estimate of drug-likeness (QED) is 0.879. The SMILES string of the molecule is O=C(Cc1cccc(Cl)c1)N1CC2CNCC2C1. The zero-order chi connectivity index (χ0) is 12.5. The van der Waals surface area contributed by atoms with Gasteiger partial charge >= 0.3 is 0 Å². The van der Waals surface area contributed by atoms with Crippen LogP contribution in [0.3, 0.4) is 0 Å². The number of hydrogen-bond donors (Lipinski definition) is 1. The van der Waals surface area contributed by atoms with Gasteiger partial charge in [-0.25, -0.2) is 0 Å². The Bertz CT molecular complexity index is 451. The summed E-state index contributed by atoms with van der Waals surface area (Å²) in [5.74, 6) is 1.55. The molecule has 0 aromatic heterocycles. The van der Waals surface area contributed by atoms with Gasteiger partial charge in [-0.15, -0.1) is 0 Å². The molecule has 1 amide bonds. The van der Waals surface area contributed by atoms with E-state index in [1.54, 1.807) is 0 Å². The molecular weight excluding hydrogens is 248 g/mol. The Labute approximate surface area is 112 Å². The molecule has 2 saturated heterocycles. The molecule has 2 unspecified atom stereocenters. The number of hydrogen-bond acceptors (Lipinski definition) is 2. The van der Waals surface area contributed by atoms with E-state index in [1.165, 1.54) is 0 Å². The van der Waals surface area contributed by atoms with Gasteiger partial charge in [0, 0.05) is 31.2 Å². The predicted octanol–water partition coefficient (Wildman–Crippen LogP) is 1.56. The lowest BCUT2D eigenvalue weighted by Gasteiger charge is -2.17. The van der Waals surface area contributed by atoms with Crippen molar-refractivity contribution in [3.8, 4) is 0 Å². The average Bonchev–Trinajstić information content (AvgIpc) is 2.88. The van der Waals surface area contributed by atoms with Gasteiger partial charge < -0.3 is 10.2 Å². The summed E-state index contributed by atoms with van der Waals surface area (Å²) in [6.07, 6.45) is 0.466. The van der Waals surface area contributed by atoms with Crippen LogP contribution in [0.15, 0.2) is 24.3 Å². The summed E-state index contributed by atoms with van der Waals surface area (Å²) >= 11 is 5.93. The fraction of sp³-hybridized carbons (Fsp3) is 0.500. The Morgan fingerprint density at radius 1 is 1.33 bits per heavy atom. The average molecular weight is 265 g/mol. The zero-order valence-electron chi connectivity index (χ0n) is 10.2. The first-order chi connectivity index (χ1) is 8.72. The number of benzene rings is 1. The molecule has 1 aromatic carbocycles. The number of halogens is 1. The number of nitrogens with one attached hydrogen (secondary N) is 1. The molecule has 1 N–H and O–H groups in total. The van der Waals surface area contributed by atoms with Crippen molar-refractivity contribution in [3.05, 3.63) is 34.9 Å². The molecule has 2 aliphatic rings. The van der Waals surface area contributed by atoms with Crippen molar-refractivity contribution < 1.29 is 4.79 Å². The summed E-state index contributed by atoms with van der Waals surface area (Å²) in [6.45, 7) is 3.95. The van der Waals surface area contributed by atoms with Crippen LogP contribution in [0.4, 0.5) is 0 Å². The molecule has 2 heterocycles. The van der Waals surface area contributed by atoms with Gasteiger partial charge in [0.05, 0.1) is 6.42 Å². The number of fused-ring (bicyclic) bond motifs is 1. The first-order valence-corrected chi connectivity index (χ1v) is 6.83. The fourth-order valence-electron chi connectivity index (χ4n) is 2.99. The molecule has 2 atom stereocenters. The molecule has 0 aliphatic carbocycles. The van der Waals surface area contributed by atoms with E-state index in [0.717, 1.165) is 31.7 Å². The van der Waals surface area contributed by atoms with E-state index < -0.39 is 0 Å². The highest BCUT2D eigenvalue weighted by atomic mass is 35.5. The van der Waals surface area contributed by atoms with Crippen LogP contribution in [0.5, 0.6) is 0 Å². The summed E-state index contributed by atoms with van der Waals surface area (Å²) in [5, 5.41) is 4.08. The van der Waals surface area contributed by atoms with Crippen LogP contribution in [0.1, 0.15) is 5.56 Å². The molecule has 2 aliphatic heterocycles. The van der Waals surface area contributed by atoms with Crippen LogP contribution in [-0.4, -0.2) is 37.0 Å². The maximum absolute atomic E-state index is 12.2. The summed E-state index contributed by atoms with van der Waals surface area (Å²) in [7, 11) is 0. The highest BCUT2D eigenvalue weighted by Crippen LogP contribution is 2.26. The second-order valence-electron chi connectivity index (χ2n) is 5.28. The minimum atomic E-state index is 0.228. The summed E-state index contributed by atoms with van der Waals surface area (Å²) in [4.78, 5) is 14.2. The van der Waals surface area contributed by atoms with E-state index in [-0.39, 0.29) is 5.91 Å². The minimum absolute atomic E-state index is 0.228. The minimum Gasteiger partial charge on any atom is -0.342 e. The largest absolute Gasteiger partial charge is 0.342 e. The molecule has 0 bridgehead atoms. The molecular formula is C14H17ClN2O. The van der Waals surface area contributed by atoms with Crippen molar-refractivity contribution in [1.82, 2.24) is 10.2 Å². The molecule has 3 rings (SSSR count). The van der Waals surface area contributed by atoms with Gasteiger partial charge in [-0.2, -0.15) is 0 Å². The molecule has 2 fully saturated rings. The molecule has 0 saturated carbocycles. The van der Waals surface area contributed by atoms with Gasteiger partial charge in [0.15, 0.2) is 0 Å². The van der Waals surface area contributed by atoms with Crippen LogP contribution in [-0.2, 0) is 11.2 Å². The first-order valence-electron chi connectivity index (χ1n) is 6.45. The lowest BCUT2D eigenvalue weighted by atomic mass is 10.0. The molecule has 96 valence electrons. The van der Waals surface area contributed by atoms with Crippen LogP contribution >= 0.6 is 11.6 Å². The smallest absolute Gasteiger partial charge is 0.227 e. The van der Waals surface area contributed by atoms with E-state index in [1.807, 2.05) is 29.2 Å². The number of carbonyl (C=O) groups excluding carboxylic acids is 1. The lowest BCUT2D eigenvalue weighted by molar-refractivity contribution is -0.129. The summed E-state index contributed by atoms with van der Waals surface area (Å²) in [5.41, 5.74) is 1.00. The Kier molecular flexibility index (Phi) is 3.27. The summed E-state index contributed by atoms with van der Waals surface area (Å²) in [6, 6.07) is 7.56. The first kappa shape index (κ1) is 12.0. The molecule has 0 spiro atoms. The third-order valence-corrected chi connectivity index (χ3v) is 4.22. The molecule has 4 heteroatoms. The van der Waals surface area contributed by atoms with Crippen LogP contribution in [0, 0.1) is 11.8 Å². The second-order valence-corrected chi connectivity index (χ2v) is 5.72. The van der Waals surface area contributed by atoms with Crippen molar-refractivity contribution in [3.63, 3.8) is 0 Å². The third-order valence-electron chi connectivity index (χ3n) is 3.99. The van der Waals surface area contributed by atoms with Crippen molar-refractivity contribution in [2.24, 2.45) is 11.8 Å². The van der Waals surface area contributed by atoms with E-state index in [9.17, 15) is 4.79 Å². The molecule has 0 radical (unpaired) electrons. The summed E-state index contributed by atoms with van der Waals surface area (Å²) < 4.78 is 0. The van der Waals surface area contributed by atoms with Crippen LogP contribution in [0.2, 0.25) is 5.02 Å². The van der Waals surface area contributed by atoms with E-state index in [0.29, 0.717) is 23.3 Å². The molecule has 1 aromatic rings. The maximum Gasteiger partial charge on any atom is 0.227 e. The Morgan fingerprint density at radius 3 is 2.72 bits per heavy atom. The highest BCUT2D eigenvalue weighted by Gasteiger charge is 2.37. The number of amides is 1. The second kappa shape index (κ2) is 4.90. The van der Waals surface area contributed by atoms with Crippen molar-refractivity contribution in [2.45, 2.75) is 6.42 Å². The zero-order valence-corrected chi connectivity index (χ0v) is 11.0. The van der Waals surface area contributed by atoms with Gasteiger partial charge in [0.25, 0.3) is 0 Å². The standard InChI is InChI=1S/C14H17ClN2O/c15-13-3-1-2-10(4-13)5-14(18)17-8-11-6-16-7-12(11)9-17/h1-4,11-12,16H,5-9H2. The Hall–Kier alpha value is -1.06. The van der Waals surface area contributed by atoms with Crippen LogP contribution < -0.4 is 5.32 Å². The van der Waals surface area contributed by atoms with Gasteiger partial charge in [-0.3, -0.25) is 4.79 Å². The van der Waals surface area contributed by atoms with E-state index in [2.05, 4.69) is 5.32 Å². The number of rotatable bonds is 2. The van der Waals surface area contributed by atoms with Gasteiger partial charge in [0.1, 0.15) is 0 Å². The highest BCUT2D eigenvalue weighted by molar-refractivity contribution is 6.30. The van der Waals surface area contributed by atoms with Gasteiger partial charge in [-0.1, -0.05) is 23.7 Å². The fourth-order valence-corrected chi connectivity index (χ4v) is 3.21. The normalized spacial score (nSPS) is 26.4. The maximum atomic E-state index is 12.2. The van der Waals surface area contributed by atoms with Gasteiger partial charge in [0.2, 0.25) is 5.91 Å². The molecule has 18 heavy (non-hydrogen) atoms. The topological polar surface area (TPSA) is 32.3 Å². The van der Waals surface area contributed by atoms with Crippen molar-refractivity contribution >= 4 is 17.5 Å². The van der Waals surface area contributed by atoms with Gasteiger partial charge in [-0.05, 0) is 29.5 Å². The Morgan fingerprint density at radius 2 is 2.06 bits per heavy atom. The molecule has 3 nitrogen and oxygen atoms in total. The van der Waals surface area contributed by atoms with Crippen molar-refractivity contribution in [1.29, 1.82) is 0 Å². The van der Waals surface area contributed by atoms with Crippen LogP contribution in [0.25, 0.3) is 0 Å². The lowest BCUT2D eigenvalue weighted by Crippen LogP contribution is -2.32. The number of likely N-dealkylation sites (tertiary alicyclic amines) is 1. The van der Waals surface area contributed by atoms with E-state index >= 15 is 0 Å². The van der Waals surface area contributed by atoms with Crippen molar-refractivity contribution in [2.75, 3.05) is 26.2 Å². The number of nitrogens with zero attached hydrogens (tertiary/aromatic N) is 1. The van der Waals surface area contributed by atoms with E-state index in [4.69, 9.17) is 11.6 Å². The number of carbonyl (C=O) groups is 1. The third kappa shape index (κ3) is 2.38.